The maximum absolute atomic E-state index is 7.00. The molecule has 0 amide bonds. The third-order valence-corrected chi connectivity index (χ3v) is 12.0. The van der Waals surface area contributed by atoms with Gasteiger partial charge in [0.05, 0.1) is 5.41 Å². The van der Waals surface area contributed by atoms with Crippen LogP contribution in [0.2, 0.25) is 0 Å². The molecule has 0 radical (unpaired) electrons. The van der Waals surface area contributed by atoms with Crippen molar-refractivity contribution in [3.05, 3.63) is 215 Å². The normalized spacial score (nSPS) is 13.8. The Morgan fingerprint density at radius 2 is 1.04 bits per heavy atom. The topological polar surface area (TPSA) is 47.9 Å². The van der Waals surface area contributed by atoms with Crippen molar-refractivity contribution in [1.82, 2.24) is 15.0 Å². The lowest BCUT2D eigenvalue weighted by Gasteiger charge is -2.40. The van der Waals surface area contributed by atoms with E-state index in [9.17, 15) is 0 Å². The number of hydrogen-bond donors (Lipinski definition) is 0. The largest absolute Gasteiger partial charge is 0.456 e. The van der Waals surface area contributed by atoms with E-state index in [1.54, 1.807) is 0 Å². The van der Waals surface area contributed by atoms with Crippen LogP contribution in [0.15, 0.2) is 182 Å². The Morgan fingerprint density at radius 3 is 1.84 bits per heavy atom. The van der Waals surface area contributed by atoms with Crippen LogP contribution in [-0.4, -0.2) is 15.0 Å². The molecule has 1 aliphatic heterocycles. The summed E-state index contributed by atoms with van der Waals surface area (Å²) in [5.41, 5.74) is 14.2. The average molecular weight is 728 g/mol. The van der Waals surface area contributed by atoms with Crippen LogP contribution in [0, 0.1) is 0 Å². The summed E-state index contributed by atoms with van der Waals surface area (Å²) in [4.78, 5) is 15.4. The van der Waals surface area contributed by atoms with Crippen LogP contribution in [0.3, 0.4) is 0 Å². The summed E-state index contributed by atoms with van der Waals surface area (Å²) in [6.07, 6.45) is 5.39. The molecule has 0 bridgehead atoms. The van der Waals surface area contributed by atoms with Gasteiger partial charge in [0, 0.05) is 33.4 Å². The van der Waals surface area contributed by atoms with Crippen LogP contribution in [-0.2, 0) is 11.8 Å². The molecular formula is C53H33N3O. The van der Waals surface area contributed by atoms with Crippen molar-refractivity contribution in [2.45, 2.75) is 11.8 Å². The van der Waals surface area contributed by atoms with Gasteiger partial charge in [0.2, 0.25) is 0 Å². The summed E-state index contributed by atoms with van der Waals surface area (Å²) in [6, 6.07) is 62.5. The monoisotopic (exact) mass is 727 g/mol. The van der Waals surface area contributed by atoms with Crippen molar-refractivity contribution < 1.29 is 4.74 Å². The van der Waals surface area contributed by atoms with E-state index in [4.69, 9.17) is 19.7 Å². The van der Waals surface area contributed by atoms with Crippen molar-refractivity contribution in [2.75, 3.05) is 0 Å². The zero-order valence-electron chi connectivity index (χ0n) is 30.9. The number of rotatable bonds is 4. The smallest absolute Gasteiger partial charge is 0.164 e. The number of allylic oxidation sites excluding steroid dienone is 1. The SMILES string of the molecule is C1=Cc2cc(-c3nc(-c4ccccc4)nc(-c4cccc(-c5cccc6c5Oc5ccccc5C65c6ccccc6-c6ccccc65)c4)n3)cc3cccc(c23)C1. The molecule has 2 aliphatic carbocycles. The second-order valence-electron chi connectivity index (χ2n) is 15.1. The molecule has 4 nitrogen and oxygen atoms in total. The first kappa shape index (κ1) is 31.9. The van der Waals surface area contributed by atoms with E-state index in [2.05, 4.69) is 170 Å². The molecule has 0 unspecified atom stereocenters. The molecule has 0 fully saturated rings. The highest BCUT2D eigenvalue weighted by Gasteiger charge is 2.51. The first-order chi connectivity index (χ1) is 28.2. The van der Waals surface area contributed by atoms with E-state index in [0.29, 0.717) is 17.5 Å². The molecule has 9 aromatic rings. The molecule has 2 heterocycles. The van der Waals surface area contributed by atoms with Gasteiger partial charge in [0.1, 0.15) is 11.5 Å². The number of ether oxygens (including phenoxy) is 1. The highest BCUT2D eigenvalue weighted by molar-refractivity contribution is 5.98. The van der Waals surface area contributed by atoms with Gasteiger partial charge in [0.15, 0.2) is 17.5 Å². The molecule has 8 aromatic carbocycles. The van der Waals surface area contributed by atoms with Gasteiger partial charge in [0.25, 0.3) is 0 Å². The molecule has 12 rings (SSSR count). The Balaban J connectivity index is 1.05. The van der Waals surface area contributed by atoms with Gasteiger partial charge in [-0.25, -0.2) is 15.0 Å². The fourth-order valence-corrected chi connectivity index (χ4v) is 9.57. The third kappa shape index (κ3) is 4.71. The van der Waals surface area contributed by atoms with Crippen molar-refractivity contribution in [3.8, 4) is 67.9 Å². The Bertz CT molecular complexity index is 3100. The predicted molar refractivity (Wildman–Crippen MR) is 229 cm³/mol. The number of aromatic nitrogens is 3. The van der Waals surface area contributed by atoms with Crippen LogP contribution < -0.4 is 4.74 Å². The average Bonchev–Trinajstić information content (AvgIpc) is 3.57. The van der Waals surface area contributed by atoms with Crippen molar-refractivity contribution in [1.29, 1.82) is 0 Å². The minimum absolute atomic E-state index is 0.534. The lowest BCUT2D eigenvalue weighted by atomic mass is 9.65. The summed E-state index contributed by atoms with van der Waals surface area (Å²) in [5, 5.41) is 2.49. The number of nitrogens with zero attached hydrogens (tertiary/aromatic N) is 3. The summed E-state index contributed by atoms with van der Waals surface area (Å²) < 4.78 is 7.00. The predicted octanol–water partition coefficient (Wildman–Crippen LogP) is 12.7. The molecule has 3 aliphatic rings. The van der Waals surface area contributed by atoms with Gasteiger partial charge in [-0.05, 0) is 80.4 Å². The number of hydrogen-bond acceptors (Lipinski definition) is 4. The van der Waals surface area contributed by atoms with Crippen LogP contribution in [0.25, 0.3) is 73.3 Å². The Morgan fingerprint density at radius 1 is 0.439 bits per heavy atom. The summed E-state index contributed by atoms with van der Waals surface area (Å²) in [6.45, 7) is 0. The fourth-order valence-electron chi connectivity index (χ4n) is 9.57. The molecule has 1 aromatic heterocycles. The number of benzene rings is 8. The summed E-state index contributed by atoms with van der Waals surface area (Å²) >= 11 is 0. The highest BCUT2D eigenvalue weighted by atomic mass is 16.5. The van der Waals surface area contributed by atoms with Gasteiger partial charge in [-0.3, -0.25) is 0 Å². The summed E-state index contributed by atoms with van der Waals surface area (Å²) in [7, 11) is 0. The summed E-state index contributed by atoms with van der Waals surface area (Å²) in [5.74, 6) is 3.62. The third-order valence-electron chi connectivity index (χ3n) is 12.0. The van der Waals surface area contributed by atoms with Crippen LogP contribution >= 0.6 is 0 Å². The van der Waals surface area contributed by atoms with E-state index in [1.807, 2.05) is 18.2 Å². The molecular weight excluding hydrogens is 695 g/mol. The standard InChI is InChI=1S/C53H33N3O/c1-2-14-34(15-3-1)50-54-51(56-52(55-50)39-31-36-19-10-16-33-17-11-20-37(32-39)48(33)36)38-21-12-18-35(30-38)40-24-13-28-46-49(40)57-47-29-9-8-27-45(47)53(46)43-25-6-4-22-41(43)42-23-5-7-26-44(42)53/h1-16,18-32H,17H2. The molecule has 4 heteroatoms. The second-order valence-corrected chi connectivity index (χ2v) is 15.1. The van der Waals surface area contributed by atoms with Crippen molar-refractivity contribution in [2.24, 2.45) is 0 Å². The number of fused-ring (bicyclic) bond motifs is 9. The van der Waals surface area contributed by atoms with Gasteiger partial charge in [-0.15, -0.1) is 0 Å². The van der Waals surface area contributed by atoms with Crippen LogP contribution in [0.1, 0.15) is 33.4 Å². The van der Waals surface area contributed by atoms with Crippen LogP contribution in [0.5, 0.6) is 11.5 Å². The lowest BCUT2D eigenvalue weighted by molar-refractivity contribution is 0.438. The van der Waals surface area contributed by atoms with Crippen LogP contribution in [0.4, 0.5) is 0 Å². The molecule has 0 N–H and O–H groups in total. The van der Waals surface area contributed by atoms with Crippen molar-refractivity contribution in [3.63, 3.8) is 0 Å². The lowest BCUT2D eigenvalue weighted by Crippen LogP contribution is -2.32. The second kappa shape index (κ2) is 12.3. The van der Waals surface area contributed by atoms with E-state index in [1.165, 1.54) is 44.2 Å². The van der Waals surface area contributed by atoms with E-state index in [0.717, 1.165) is 56.9 Å². The minimum atomic E-state index is -0.534. The fraction of sp³-hybridized carbons (Fsp3) is 0.0377. The maximum Gasteiger partial charge on any atom is 0.164 e. The van der Waals surface area contributed by atoms with E-state index in [-0.39, 0.29) is 0 Å². The first-order valence-electron chi connectivity index (χ1n) is 19.5. The molecule has 266 valence electrons. The molecule has 1 spiro atoms. The van der Waals surface area contributed by atoms with E-state index >= 15 is 0 Å². The minimum Gasteiger partial charge on any atom is -0.456 e. The first-order valence-corrected chi connectivity index (χ1v) is 19.5. The zero-order valence-corrected chi connectivity index (χ0v) is 30.9. The highest BCUT2D eigenvalue weighted by Crippen LogP contribution is 2.63. The molecule has 0 saturated heterocycles. The molecule has 57 heavy (non-hydrogen) atoms. The van der Waals surface area contributed by atoms with Gasteiger partial charge in [-0.1, -0.05) is 164 Å². The molecule has 0 saturated carbocycles. The maximum atomic E-state index is 7.00. The van der Waals surface area contributed by atoms with Gasteiger partial charge >= 0.3 is 0 Å². The Kier molecular flexibility index (Phi) is 6.87. The Labute approximate surface area is 330 Å². The zero-order chi connectivity index (χ0) is 37.5. The van der Waals surface area contributed by atoms with Gasteiger partial charge < -0.3 is 4.74 Å². The van der Waals surface area contributed by atoms with Crippen molar-refractivity contribution >= 4 is 16.8 Å². The Hall–Kier alpha value is -7.43. The molecule has 0 atom stereocenters. The number of para-hydroxylation sites is 2. The van der Waals surface area contributed by atoms with E-state index < -0.39 is 5.41 Å². The van der Waals surface area contributed by atoms with Gasteiger partial charge in [-0.2, -0.15) is 0 Å². The quantitative estimate of drug-likeness (QED) is 0.181.